The molecule has 8 aliphatic heterocycles. The van der Waals surface area contributed by atoms with Gasteiger partial charge in [-0.25, -0.2) is 9.69 Å². The molecule has 1 atom stereocenters. The number of likely N-dealkylation sites (tertiary alicyclic amines) is 1. The third kappa shape index (κ3) is 23.1. The molecule has 2 aromatic rings. The fraction of sp³-hybridized carbons (Fsp3) is 0.375. The number of benzene rings is 2. The number of imide groups is 4. The summed E-state index contributed by atoms with van der Waals surface area (Å²) in [5.74, 6) is 0.0759. The van der Waals surface area contributed by atoms with Gasteiger partial charge in [0, 0.05) is 124 Å². The molecular formula is C64H78N8O17S. The van der Waals surface area contributed by atoms with Crippen LogP contribution in [0.25, 0.3) is 6.08 Å². The van der Waals surface area contributed by atoms with Gasteiger partial charge in [-0.1, -0.05) is 94.6 Å². The van der Waals surface area contributed by atoms with Crippen LogP contribution in [-0.2, 0) is 71.6 Å². The van der Waals surface area contributed by atoms with Crippen molar-refractivity contribution in [1.82, 2.24) is 39.2 Å². The van der Waals surface area contributed by atoms with Crippen molar-refractivity contribution in [2.24, 2.45) is 0 Å². The van der Waals surface area contributed by atoms with Crippen molar-refractivity contribution in [2.75, 3.05) is 123 Å². The molecule has 8 heterocycles. The molecule has 2 aromatic carbocycles. The van der Waals surface area contributed by atoms with Gasteiger partial charge in [0.1, 0.15) is 25.9 Å². The van der Waals surface area contributed by atoms with Gasteiger partial charge in [-0.15, -0.1) is 0 Å². The number of cyclic esters (lactones) is 1. The zero-order valence-electron chi connectivity index (χ0n) is 50.7. The average molecular weight is 1260 g/mol. The second kappa shape index (κ2) is 38.9. The fourth-order valence-electron chi connectivity index (χ4n) is 8.67. The van der Waals surface area contributed by atoms with E-state index in [1.807, 2.05) is 76.2 Å². The lowest BCUT2D eigenvalue weighted by molar-refractivity contribution is -0.154. The number of carbonyl (C=O) groups is 12. The highest BCUT2D eigenvalue weighted by Crippen LogP contribution is 2.29. The molecule has 90 heavy (non-hydrogen) atoms. The van der Waals surface area contributed by atoms with Gasteiger partial charge in [-0.2, -0.15) is 11.8 Å². The zero-order valence-corrected chi connectivity index (χ0v) is 51.6. The van der Waals surface area contributed by atoms with Crippen molar-refractivity contribution in [3.63, 3.8) is 0 Å². The number of carbonyl (C=O) groups excluding carboxylic acids is 12. The van der Waals surface area contributed by atoms with Crippen LogP contribution in [0.3, 0.4) is 0 Å². The Morgan fingerprint density at radius 3 is 1.47 bits per heavy atom. The van der Waals surface area contributed by atoms with E-state index in [9.17, 15) is 57.5 Å². The predicted octanol–water partition coefficient (Wildman–Crippen LogP) is 4.33. The van der Waals surface area contributed by atoms with Crippen LogP contribution in [0.2, 0.25) is 0 Å². The van der Waals surface area contributed by atoms with Crippen LogP contribution in [0.4, 0.5) is 4.79 Å². The maximum atomic E-state index is 12.1. The van der Waals surface area contributed by atoms with Gasteiger partial charge in [0.2, 0.25) is 29.5 Å². The Labute approximate surface area is 528 Å². The van der Waals surface area contributed by atoms with E-state index in [1.165, 1.54) is 36.8 Å². The van der Waals surface area contributed by atoms with E-state index in [2.05, 4.69) is 50.8 Å². The number of hydrogen-bond donors (Lipinski definition) is 0. The molecule has 1 unspecified atom stereocenters. The second-order valence-electron chi connectivity index (χ2n) is 19.7. The molecule has 0 saturated carbocycles. The Kier molecular flexibility index (Phi) is 31.7. The highest BCUT2D eigenvalue weighted by molar-refractivity contribution is 7.99. The Bertz CT molecular complexity index is 2940. The minimum absolute atomic E-state index is 0.0300. The molecule has 10 rings (SSSR count). The first kappa shape index (κ1) is 73.3. The standard InChI is InChI=1S/C13H20N2O4.C13H13NO3.C13H15NO2.C7H11NOS.C6H7NO3.C6H7NO2.C6H5NO2/c1-11(13(17)15-4-8-19-9-5-15)10-12(16)14-2-6-18-7-3-14;1-9(2)12(15)14-11(8-17-13(14)16)10-6-4-3-5-7-10;1-2-11-3-5-12(6-4-11)13(15)14-7-9-16-10-8-14;1-2-7(9)8-3-5-10-6-4-8;1-2-7-5(8)3-10-4-6(7)9;2*1-2-7-5(8)3-4-6(7)9/h1-10H2;3-7,11H,1,8H2,2H3;2-6H,1,7-10H2;2H,1,3-6H2;2H,1,3-4H2;2H,1,3-4H2;2-4H,1H2. The number of morpholine rings is 4. The third-order valence-corrected chi connectivity index (χ3v) is 14.6. The molecule has 26 heteroatoms. The lowest BCUT2D eigenvalue weighted by Crippen LogP contribution is -2.43. The van der Waals surface area contributed by atoms with Gasteiger partial charge in [0.05, 0.1) is 46.1 Å². The van der Waals surface area contributed by atoms with E-state index in [-0.39, 0.29) is 97.3 Å². The molecule has 7 saturated heterocycles. The molecule has 0 bridgehead atoms. The summed E-state index contributed by atoms with van der Waals surface area (Å²) in [6, 6.07) is 16.5. The van der Waals surface area contributed by atoms with Crippen LogP contribution in [0, 0.1) is 0 Å². The highest BCUT2D eigenvalue weighted by atomic mass is 32.2. The fourth-order valence-corrected chi connectivity index (χ4v) is 9.57. The van der Waals surface area contributed by atoms with Crippen LogP contribution < -0.4 is 0 Å². The smallest absolute Gasteiger partial charge is 0.417 e. The maximum Gasteiger partial charge on any atom is 0.417 e. The largest absolute Gasteiger partial charge is 0.446 e. The summed E-state index contributed by atoms with van der Waals surface area (Å²) in [5.41, 5.74) is 3.32. The quantitative estimate of drug-likeness (QED) is 0.224. The van der Waals surface area contributed by atoms with Gasteiger partial charge in [-0.05, 0) is 36.3 Å². The Hall–Kier alpha value is -9.21. The summed E-state index contributed by atoms with van der Waals surface area (Å²) in [4.78, 5) is 146. The second-order valence-corrected chi connectivity index (χ2v) is 21.0. The Balaban J connectivity index is 0.000000229. The van der Waals surface area contributed by atoms with Crippen molar-refractivity contribution in [1.29, 1.82) is 0 Å². The summed E-state index contributed by atoms with van der Waals surface area (Å²) in [6.45, 7) is 35.1. The minimum atomic E-state index is -0.605. The van der Waals surface area contributed by atoms with Crippen LogP contribution in [0.5, 0.6) is 0 Å². The molecule has 0 N–H and O–H groups in total. The predicted molar refractivity (Wildman–Crippen MR) is 333 cm³/mol. The van der Waals surface area contributed by atoms with Gasteiger partial charge in [0.25, 0.3) is 35.4 Å². The Morgan fingerprint density at radius 2 is 1.03 bits per heavy atom. The summed E-state index contributed by atoms with van der Waals surface area (Å²) in [7, 11) is 0. The topological polar surface area (TPSA) is 277 Å². The first-order chi connectivity index (χ1) is 43.2. The highest BCUT2D eigenvalue weighted by Gasteiger charge is 2.39. The summed E-state index contributed by atoms with van der Waals surface area (Å²) >= 11 is 1.90. The number of nitrogens with zero attached hydrogens (tertiary/aromatic N) is 8. The van der Waals surface area contributed by atoms with E-state index in [0.29, 0.717) is 103 Å². The molecule has 12 amide bonds. The number of amides is 12. The van der Waals surface area contributed by atoms with Crippen LogP contribution in [0.1, 0.15) is 53.7 Å². The number of thioether (sulfide) groups is 1. The molecule has 0 radical (unpaired) electrons. The van der Waals surface area contributed by atoms with Crippen molar-refractivity contribution >= 4 is 88.9 Å². The molecule has 7 fully saturated rings. The van der Waals surface area contributed by atoms with Crippen molar-refractivity contribution < 1.29 is 81.2 Å². The lowest BCUT2D eigenvalue weighted by Gasteiger charge is -2.29. The van der Waals surface area contributed by atoms with Gasteiger partial charge in [0.15, 0.2) is 0 Å². The first-order valence-corrected chi connectivity index (χ1v) is 29.8. The number of rotatable bonds is 11. The van der Waals surface area contributed by atoms with E-state index in [1.54, 1.807) is 22.8 Å². The molecule has 0 spiro atoms. The van der Waals surface area contributed by atoms with Crippen LogP contribution in [0.15, 0.2) is 149 Å². The molecular weight excluding hydrogens is 1180 g/mol. The van der Waals surface area contributed by atoms with E-state index < -0.39 is 6.09 Å². The van der Waals surface area contributed by atoms with Gasteiger partial charge in [-0.3, -0.25) is 67.4 Å². The van der Waals surface area contributed by atoms with Crippen LogP contribution in [-0.4, -0.2) is 234 Å². The average Bonchev–Trinajstić information content (AvgIpc) is 1.78. The van der Waals surface area contributed by atoms with Gasteiger partial charge >= 0.3 is 6.09 Å². The molecule has 482 valence electrons. The maximum absolute atomic E-state index is 12.1. The monoisotopic (exact) mass is 1260 g/mol. The van der Waals surface area contributed by atoms with E-state index in [0.717, 1.165) is 60.9 Å². The zero-order chi connectivity index (χ0) is 66.1. The van der Waals surface area contributed by atoms with E-state index >= 15 is 0 Å². The SMILES string of the molecule is C=C(C)C(=O)N1C(=O)OCC1c1ccccc1.C=C(CC(=O)N1CCOCC1)C(=O)N1CCOCC1.C=CC(=O)N1CCSCC1.C=CN1C(=O)C=CC1=O.C=CN1C(=O)CCC1=O.C=CN1C(=O)COCC1=O.C=Cc1ccc(C(=O)N2CCOCC2)cc1. The Morgan fingerprint density at radius 1 is 0.556 bits per heavy atom. The summed E-state index contributed by atoms with van der Waals surface area (Å²) in [6.07, 6.45) is 9.40. The molecule has 0 aliphatic carbocycles. The lowest BCUT2D eigenvalue weighted by atomic mass is 10.1. The van der Waals surface area contributed by atoms with Gasteiger partial charge < -0.3 is 43.3 Å². The number of hydrogen-bond acceptors (Lipinski definition) is 18. The number of ether oxygens (including phenoxy) is 5. The normalized spacial score (nSPS) is 18.5. The van der Waals surface area contributed by atoms with Crippen LogP contribution >= 0.6 is 11.8 Å². The molecule has 25 nitrogen and oxygen atoms in total. The minimum Gasteiger partial charge on any atom is -0.446 e. The van der Waals surface area contributed by atoms with Crippen molar-refractivity contribution in [3.05, 3.63) is 165 Å². The molecule has 0 aromatic heterocycles. The molecule has 8 aliphatic rings. The third-order valence-electron chi connectivity index (χ3n) is 13.6. The summed E-state index contributed by atoms with van der Waals surface area (Å²) in [5, 5.41) is 0. The van der Waals surface area contributed by atoms with E-state index in [4.69, 9.17) is 18.9 Å². The summed E-state index contributed by atoms with van der Waals surface area (Å²) < 4.78 is 25.2. The van der Waals surface area contributed by atoms with Crippen molar-refractivity contribution in [3.8, 4) is 0 Å². The van der Waals surface area contributed by atoms with Crippen molar-refractivity contribution in [2.45, 2.75) is 32.2 Å². The first-order valence-electron chi connectivity index (χ1n) is 28.6.